The van der Waals surface area contributed by atoms with Crippen molar-refractivity contribution in [3.63, 3.8) is 0 Å². The minimum atomic E-state index is -0.942. The van der Waals surface area contributed by atoms with Gasteiger partial charge in [-0.1, -0.05) is 0 Å². The molecule has 112 valence electrons. The van der Waals surface area contributed by atoms with Crippen molar-refractivity contribution in [1.29, 1.82) is 0 Å². The highest BCUT2D eigenvalue weighted by molar-refractivity contribution is 5.83. The van der Waals surface area contributed by atoms with E-state index in [0.717, 1.165) is 0 Å². The molecule has 2 aliphatic carbocycles. The highest BCUT2D eigenvalue weighted by atomic mass is 16.8. The summed E-state index contributed by atoms with van der Waals surface area (Å²) in [7, 11) is 0. The molecule has 6 atom stereocenters. The van der Waals surface area contributed by atoms with Crippen molar-refractivity contribution in [2.24, 2.45) is 23.7 Å². The normalized spacial score (nSPS) is 44.4. The first-order valence-electron chi connectivity index (χ1n) is 7.11. The average Bonchev–Trinajstić information content (AvgIpc) is 2.94. The van der Waals surface area contributed by atoms with Crippen LogP contribution >= 0.6 is 0 Å². The molecule has 1 saturated heterocycles. The topological polar surface area (TPSA) is 82.1 Å². The number of carboxylic acid groups (broad SMARTS) is 1. The van der Waals surface area contributed by atoms with Gasteiger partial charge in [0.25, 0.3) is 0 Å². The van der Waals surface area contributed by atoms with Crippen LogP contribution in [0.1, 0.15) is 27.2 Å². The van der Waals surface area contributed by atoms with Crippen molar-refractivity contribution >= 4 is 11.9 Å². The fourth-order valence-corrected chi connectivity index (χ4v) is 4.19. The van der Waals surface area contributed by atoms with Crippen LogP contribution in [0.15, 0.2) is 0 Å². The largest absolute Gasteiger partial charge is 0.481 e. The highest BCUT2D eigenvalue weighted by Gasteiger charge is 2.67. The number of rotatable bonds is 3. The fourth-order valence-electron chi connectivity index (χ4n) is 4.19. The van der Waals surface area contributed by atoms with Gasteiger partial charge in [-0.25, -0.2) is 0 Å². The van der Waals surface area contributed by atoms with Crippen LogP contribution in [0.4, 0.5) is 0 Å². The van der Waals surface area contributed by atoms with E-state index >= 15 is 0 Å². The number of aliphatic carboxylic acids is 1. The van der Waals surface area contributed by atoms with Gasteiger partial charge in [0.15, 0.2) is 5.79 Å². The Balaban J connectivity index is 1.89. The molecular weight excluding hydrogens is 264 g/mol. The first kappa shape index (κ1) is 13.8. The van der Waals surface area contributed by atoms with Gasteiger partial charge in [0.2, 0.25) is 0 Å². The standard InChI is InChI=1S/C14H20O6/c1-4-18-13(17)9-7-5-6(8(9)12(15)16)10-11(7)20-14(2,3)19-10/h6-11H,4-5H2,1-3H3,(H,15,16). The van der Waals surface area contributed by atoms with E-state index in [1.807, 2.05) is 13.8 Å². The number of esters is 1. The molecule has 1 aliphatic heterocycles. The second kappa shape index (κ2) is 4.43. The summed E-state index contributed by atoms with van der Waals surface area (Å²) in [4.78, 5) is 23.7. The summed E-state index contributed by atoms with van der Waals surface area (Å²) in [6.45, 7) is 5.62. The molecule has 0 radical (unpaired) electrons. The zero-order chi connectivity index (χ0) is 14.7. The SMILES string of the molecule is CCOC(=O)C1C2CC(C3OC(C)(C)OC23)C1C(=O)O. The number of fused-ring (bicyclic) bond motifs is 5. The quantitative estimate of drug-likeness (QED) is 0.780. The number of hydrogen-bond donors (Lipinski definition) is 1. The second-order valence-corrected chi connectivity index (χ2v) is 6.27. The van der Waals surface area contributed by atoms with Crippen LogP contribution in [-0.2, 0) is 23.8 Å². The third-order valence-electron chi connectivity index (χ3n) is 4.71. The summed E-state index contributed by atoms with van der Waals surface area (Å²) >= 11 is 0. The predicted molar refractivity (Wildman–Crippen MR) is 66.7 cm³/mol. The van der Waals surface area contributed by atoms with E-state index in [1.54, 1.807) is 6.92 Å². The molecule has 0 spiro atoms. The van der Waals surface area contributed by atoms with Crippen LogP contribution < -0.4 is 0 Å². The van der Waals surface area contributed by atoms with Gasteiger partial charge in [0.05, 0.1) is 30.7 Å². The lowest BCUT2D eigenvalue weighted by Crippen LogP contribution is -2.46. The number of carbonyl (C=O) groups is 2. The molecule has 2 bridgehead atoms. The third-order valence-corrected chi connectivity index (χ3v) is 4.71. The highest BCUT2D eigenvalue weighted by Crippen LogP contribution is 2.58. The second-order valence-electron chi connectivity index (χ2n) is 6.27. The zero-order valence-electron chi connectivity index (χ0n) is 11.9. The fraction of sp³-hybridized carbons (Fsp3) is 0.857. The minimum absolute atomic E-state index is 0.119. The molecule has 0 amide bonds. The average molecular weight is 284 g/mol. The Hall–Kier alpha value is -1.14. The number of ether oxygens (including phenoxy) is 3. The molecule has 0 aromatic carbocycles. The molecule has 3 rings (SSSR count). The van der Waals surface area contributed by atoms with Gasteiger partial charge in [-0.05, 0) is 27.2 Å². The third kappa shape index (κ3) is 1.85. The van der Waals surface area contributed by atoms with E-state index in [2.05, 4.69) is 0 Å². The summed E-state index contributed by atoms with van der Waals surface area (Å²) in [5.74, 6) is -3.69. The predicted octanol–water partition coefficient (Wildman–Crippen LogP) is 1.04. The maximum atomic E-state index is 12.1. The van der Waals surface area contributed by atoms with E-state index in [9.17, 15) is 14.7 Å². The Bertz CT molecular complexity index is 445. The van der Waals surface area contributed by atoms with Gasteiger partial charge in [-0.15, -0.1) is 0 Å². The molecule has 2 saturated carbocycles. The molecule has 0 aromatic rings. The molecular formula is C14H20O6. The molecule has 6 heteroatoms. The van der Waals surface area contributed by atoms with Gasteiger partial charge in [-0.2, -0.15) is 0 Å². The van der Waals surface area contributed by atoms with Crippen LogP contribution in [-0.4, -0.2) is 41.6 Å². The van der Waals surface area contributed by atoms with Crippen LogP contribution in [0.25, 0.3) is 0 Å². The summed E-state index contributed by atoms with van der Waals surface area (Å²) < 4.78 is 16.8. The summed E-state index contributed by atoms with van der Waals surface area (Å²) in [5.41, 5.74) is 0. The van der Waals surface area contributed by atoms with E-state index in [4.69, 9.17) is 14.2 Å². The van der Waals surface area contributed by atoms with Crippen molar-refractivity contribution in [2.45, 2.75) is 45.2 Å². The van der Waals surface area contributed by atoms with E-state index in [0.29, 0.717) is 6.42 Å². The molecule has 3 fully saturated rings. The van der Waals surface area contributed by atoms with Crippen molar-refractivity contribution in [3.8, 4) is 0 Å². The molecule has 3 aliphatic rings. The van der Waals surface area contributed by atoms with Crippen LogP contribution in [0, 0.1) is 23.7 Å². The first-order chi connectivity index (χ1) is 9.35. The van der Waals surface area contributed by atoms with Crippen molar-refractivity contribution in [1.82, 2.24) is 0 Å². The van der Waals surface area contributed by atoms with Gasteiger partial charge in [0.1, 0.15) is 0 Å². The molecule has 1 N–H and O–H groups in total. The van der Waals surface area contributed by atoms with Crippen LogP contribution in [0.5, 0.6) is 0 Å². The summed E-state index contributed by atoms with van der Waals surface area (Å²) in [5, 5.41) is 9.47. The Morgan fingerprint density at radius 3 is 2.25 bits per heavy atom. The number of carbonyl (C=O) groups excluding carboxylic acids is 1. The van der Waals surface area contributed by atoms with Crippen molar-refractivity contribution < 1.29 is 28.9 Å². The Kier molecular flexibility index (Phi) is 3.06. The first-order valence-corrected chi connectivity index (χ1v) is 7.11. The number of hydrogen-bond acceptors (Lipinski definition) is 5. The van der Waals surface area contributed by atoms with Crippen LogP contribution in [0.2, 0.25) is 0 Å². The molecule has 6 nitrogen and oxygen atoms in total. The summed E-state index contributed by atoms with van der Waals surface area (Å²) in [6, 6.07) is 0. The maximum Gasteiger partial charge on any atom is 0.310 e. The lowest BCUT2D eigenvalue weighted by molar-refractivity contribution is -0.163. The maximum absolute atomic E-state index is 12.1. The lowest BCUT2D eigenvalue weighted by atomic mass is 9.76. The Morgan fingerprint density at radius 1 is 1.20 bits per heavy atom. The monoisotopic (exact) mass is 284 g/mol. The molecule has 0 aromatic heterocycles. The van der Waals surface area contributed by atoms with Crippen LogP contribution in [0.3, 0.4) is 0 Å². The van der Waals surface area contributed by atoms with E-state index in [1.165, 1.54) is 0 Å². The number of carboxylic acids is 1. The van der Waals surface area contributed by atoms with Gasteiger partial charge in [0, 0.05) is 11.8 Å². The minimum Gasteiger partial charge on any atom is -0.481 e. The van der Waals surface area contributed by atoms with Crippen molar-refractivity contribution in [2.75, 3.05) is 6.61 Å². The summed E-state index contributed by atoms with van der Waals surface area (Å²) in [6.07, 6.45) is 0.244. The molecule has 20 heavy (non-hydrogen) atoms. The lowest BCUT2D eigenvalue weighted by Gasteiger charge is -2.32. The smallest absolute Gasteiger partial charge is 0.310 e. The van der Waals surface area contributed by atoms with E-state index < -0.39 is 29.6 Å². The van der Waals surface area contributed by atoms with Gasteiger partial charge in [-0.3, -0.25) is 9.59 Å². The molecule has 6 unspecified atom stereocenters. The Labute approximate surface area is 117 Å². The molecule has 1 heterocycles. The van der Waals surface area contributed by atoms with Gasteiger partial charge >= 0.3 is 11.9 Å². The van der Waals surface area contributed by atoms with E-state index in [-0.39, 0.29) is 30.7 Å². The van der Waals surface area contributed by atoms with Gasteiger partial charge < -0.3 is 19.3 Å². The Morgan fingerprint density at radius 2 is 1.75 bits per heavy atom. The zero-order valence-corrected chi connectivity index (χ0v) is 11.9. The van der Waals surface area contributed by atoms with Crippen molar-refractivity contribution in [3.05, 3.63) is 0 Å².